The van der Waals surface area contributed by atoms with E-state index in [0.717, 1.165) is 6.07 Å². The number of carbonyl (C=O) groups is 1. The normalized spacial score (nSPS) is 17.2. The first-order valence-corrected chi connectivity index (χ1v) is 6.50. The SMILES string of the molecule is O=C(O)N1CCC(Cc2cccc(C(F)(F)F)c2)CC1. The number of benzene rings is 1. The molecule has 1 aliphatic rings. The van der Waals surface area contributed by atoms with Crippen molar-refractivity contribution in [2.45, 2.75) is 25.4 Å². The van der Waals surface area contributed by atoms with Gasteiger partial charge in [-0.2, -0.15) is 13.2 Å². The highest BCUT2D eigenvalue weighted by atomic mass is 19.4. The minimum Gasteiger partial charge on any atom is -0.465 e. The van der Waals surface area contributed by atoms with Gasteiger partial charge in [-0.1, -0.05) is 18.2 Å². The molecule has 0 aliphatic carbocycles. The van der Waals surface area contributed by atoms with Gasteiger partial charge in [-0.3, -0.25) is 0 Å². The number of piperidine rings is 1. The lowest BCUT2D eigenvalue weighted by atomic mass is 9.90. The number of alkyl halides is 3. The van der Waals surface area contributed by atoms with Crippen molar-refractivity contribution in [3.63, 3.8) is 0 Å². The molecule has 0 atom stereocenters. The van der Waals surface area contributed by atoms with Crippen LogP contribution in [-0.2, 0) is 12.6 Å². The lowest BCUT2D eigenvalue weighted by molar-refractivity contribution is -0.137. The number of carboxylic acid groups (broad SMARTS) is 1. The topological polar surface area (TPSA) is 40.5 Å². The lowest BCUT2D eigenvalue weighted by Crippen LogP contribution is -2.37. The van der Waals surface area contributed by atoms with Crippen molar-refractivity contribution in [1.82, 2.24) is 4.90 Å². The maximum atomic E-state index is 12.6. The highest BCUT2D eigenvalue weighted by molar-refractivity contribution is 5.64. The van der Waals surface area contributed by atoms with Gasteiger partial charge in [0.05, 0.1) is 5.56 Å². The van der Waals surface area contributed by atoms with Gasteiger partial charge in [0.25, 0.3) is 0 Å². The van der Waals surface area contributed by atoms with Crippen molar-refractivity contribution >= 4 is 6.09 Å². The zero-order valence-corrected chi connectivity index (χ0v) is 10.9. The molecule has 20 heavy (non-hydrogen) atoms. The molecule has 1 fully saturated rings. The molecule has 1 saturated heterocycles. The van der Waals surface area contributed by atoms with Crippen LogP contribution >= 0.6 is 0 Å². The van der Waals surface area contributed by atoms with Crippen LogP contribution in [0.1, 0.15) is 24.0 Å². The van der Waals surface area contributed by atoms with Gasteiger partial charge >= 0.3 is 12.3 Å². The van der Waals surface area contributed by atoms with E-state index in [0.29, 0.717) is 37.9 Å². The van der Waals surface area contributed by atoms with Crippen LogP contribution in [0.25, 0.3) is 0 Å². The molecule has 6 heteroatoms. The molecule has 1 aromatic rings. The Bertz CT molecular complexity index is 480. The Balaban J connectivity index is 1.96. The summed E-state index contributed by atoms with van der Waals surface area (Å²) in [7, 11) is 0. The Labute approximate surface area is 115 Å². The van der Waals surface area contributed by atoms with Crippen LogP contribution in [0, 0.1) is 5.92 Å². The van der Waals surface area contributed by atoms with Crippen molar-refractivity contribution < 1.29 is 23.1 Å². The summed E-state index contributed by atoms with van der Waals surface area (Å²) in [4.78, 5) is 12.1. The summed E-state index contributed by atoms with van der Waals surface area (Å²) in [5.41, 5.74) is 0.0339. The largest absolute Gasteiger partial charge is 0.465 e. The maximum Gasteiger partial charge on any atom is 0.416 e. The fourth-order valence-corrected chi connectivity index (χ4v) is 2.54. The van der Waals surface area contributed by atoms with Crippen LogP contribution in [0.5, 0.6) is 0 Å². The van der Waals surface area contributed by atoms with E-state index in [1.807, 2.05) is 0 Å². The minimum absolute atomic E-state index is 0.245. The van der Waals surface area contributed by atoms with E-state index >= 15 is 0 Å². The van der Waals surface area contributed by atoms with Crippen molar-refractivity contribution in [3.05, 3.63) is 35.4 Å². The van der Waals surface area contributed by atoms with Crippen molar-refractivity contribution in [2.24, 2.45) is 5.92 Å². The summed E-state index contributed by atoms with van der Waals surface area (Å²) in [6.07, 6.45) is -3.28. The average Bonchev–Trinajstić information content (AvgIpc) is 2.38. The number of halogens is 3. The summed E-state index contributed by atoms with van der Waals surface area (Å²) >= 11 is 0. The third kappa shape index (κ3) is 3.65. The third-order valence-electron chi connectivity index (χ3n) is 3.66. The first kappa shape index (κ1) is 14.7. The van der Waals surface area contributed by atoms with Gasteiger partial charge in [0.15, 0.2) is 0 Å². The standard InChI is InChI=1S/C14H16F3NO2/c15-14(16,17)12-3-1-2-11(9-12)8-10-4-6-18(7-5-10)13(19)20/h1-3,9-10H,4-8H2,(H,19,20). The van der Waals surface area contributed by atoms with Crippen LogP contribution in [0.2, 0.25) is 0 Å². The Morgan fingerprint density at radius 3 is 2.50 bits per heavy atom. The molecule has 1 heterocycles. The monoisotopic (exact) mass is 287 g/mol. The first-order valence-electron chi connectivity index (χ1n) is 6.50. The summed E-state index contributed by atoms with van der Waals surface area (Å²) in [5.74, 6) is 0.245. The van der Waals surface area contributed by atoms with Gasteiger partial charge in [0.1, 0.15) is 0 Å². The second-order valence-corrected chi connectivity index (χ2v) is 5.12. The second kappa shape index (κ2) is 5.73. The van der Waals surface area contributed by atoms with E-state index < -0.39 is 17.8 Å². The number of hydrogen-bond acceptors (Lipinski definition) is 1. The molecule has 1 aliphatic heterocycles. The summed E-state index contributed by atoms with van der Waals surface area (Å²) in [6.45, 7) is 0.915. The van der Waals surface area contributed by atoms with Gasteiger partial charge in [-0.15, -0.1) is 0 Å². The zero-order chi connectivity index (χ0) is 14.8. The molecular weight excluding hydrogens is 271 g/mol. The van der Waals surface area contributed by atoms with Crippen molar-refractivity contribution in [2.75, 3.05) is 13.1 Å². The van der Waals surface area contributed by atoms with Crippen LogP contribution < -0.4 is 0 Å². The zero-order valence-electron chi connectivity index (χ0n) is 10.9. The summed E-state index contributed by atoms with van der Waals surface area (Å²) in [5, 5.41) is 8.84. The smallest absolute Gasteiger partial charge is 0.416 e. The summed E-state index contributed by atoms with van der Waals surface area (Å²) < 4.78 is 37.8. The minimum atomic E-state index is -4.32. The Morgan fingerprint density at radius 1 is 1.30 bits per heavy atom. The van der Waals surface area contributed by atoms with E-state index in [-0.39, 0.29) is 5.92 Å². The second-order valence-electron chi connectivity index (χ2n) is 5.12. The van der Waals surface area contributed by atoms with Gasteiger partial charge in [0.2, 0.25) is 0 Å². The predicted octanol–water partition coefficient (Wildman–Crippen LogP) is 3.64. The van der Waals surface area contributed by atoms with E-state index in [4.69, 9.17) is 5.11 Å². The molecule has 0 saturated carbocycles. The molecule has 0 unspecified atom stereocenters. The number of likely N-dealkylation sites (tertiary alicyclic amines) is 1. The number of amides is 1. The predicted molar refractivity (Wildman–Crippen MR) is 67.5 cm³/mol. The van der Waals surface area contributed by atoms with Gasteiger partial charge in [-0.05, 0) is 36.8 Å². The molecule has 110 valence electrons. The molecule has 0 bridgehead atoms. The van der Waals surface area contributed by atoms with Crippen molar-refractivity contribution in [1.29, 1.82) is 0 Å². The molecular formula is C14H16F3NO2. The number of rotatable bonds is 2. The number of nitrogens with zero attached hydrogens (tertiary/aromatic N) is 1. The van der Waals surface area contributed by atoms with E-state index in [9.17, 15) is 18.0 Å². The van der Waals surface area contributed by atoms with Crippen molar-refractivity contribution in [3.8, 4) is 0 Å². The van der Waals surface area contributed by atoms with E-state index in [1.165, 1.54) is 17.0 Å². The van der Waals surface area contributed by atoms with Gasteiger partial charge in [0, 0.05) is 13.1 Å². The Kier molecular flexibility index (Phi) is 4.20. The lowest BCUT2D eigenvalue weighted by Gasteiger charge is -2.30. The fraction of sp³-hybridized carbons (Fsp3) is 0.500. The van der Waals surface area contributed by atoms with Crippen LogP contribution in [0.15, 0.2) is 24.3 Å². The third-order valence-corrected chi connectivity index (χ3v) is 3.66. The maximum absolute atomic E-state index is 12.6. The number of hydrogen-bond donors (Lipinski definition) is 1. The fourth-order valence-electron chi connectivity index (χ4n) is 2.54. The molecule has 1 aromatic carbocycles. The molecule has 0 aromatic heterocycles. The Morgan fingerprint density at radius 2 is 1.95 bits per heavy atom. The molecule has 1 N–H and O–H groups in total. The van der Waals surface area contributed by atoms with Crippen LogP contribution in [0.4, 0.5) is 18.0 Å². The summed E-state index contributed by atoms with van der Waals surface area (Å²) in [6, 6.07) is 5.36. The molecule has 0 radical (unpaired) electrons. The average molecular weight is 287 g/mol. The van der Waals surface area contributed by atoms with Crippen LogP contribution in [0.3, 0.4) is 0 Å². The Hall–Kier alpha value is -1.72. The highest BCUT2D eigenvalue weighted by Gasteiger charge is 2.30. The molecule has 0 spiro atoms. The highest BCUT2D eigenvalue weighted by Crippen LogP contribution is 2.30. The molecule has 1 amide bonds. The van der Waals surface area contributed by atoms with Crippen LogP contribution in [-0.4, -0.2) is 29.2 Å². The van der Waals surface area contributed by atoms with E-state index in [1.54, 1.807) is 6.07 Å². The molecule has 3 nitrogen and oxygen atoms in total. The van der Waals surface area contributed by atoms with Gasteiger partial charge in [-0.25, -0.2) is 4.79 Å². The first-order chi connectivity index (χ1) is 9.36. The molecule has 2 rings (SSSR count). The quantitative estimate of drug-likeness (QED) is 0.902. The van der Waals surface area contributed by atoms with E-state index in [2.05, 4.69) is 0 Å². The van der Waals surface area contributed by atoms with Gasteiger partial charge < -0.3 is 10.0 Å².